The number of hydrogen-bond acceptors (Lipinski definition) is 3. The number of anilines is 1. The fraction of sp³-hybridized carbons (Fsp3) is 0.467. The topological polar surface area (TPSA) is 84.2 Å². The van der Waals surface area contributed by atoms with Gasteiger partial charge in [0.1, 0.15) is 0 Å². The van der Waals surface area contributed by atoms with Crippen LogP contribution >= 0.6 is 0 Å². The van der Waals surface area contributed by atoms with Gasteiger partial charge in [-0.15, -0.1) is 0 Å². The summed E-state index contributed by atoms with van der Waals surface area (Å²) in [6.45, 7) is 0.435. The van der Waals surface area contributed by atoms with Crippen LogP contribution in [0.4, 0.5) is 5.69 Å². The first kappa shape index (κ1) is 13.1. The summed E-state index contributed by atoms with van der Waals surface area (Å²) < 4.78 is 0. The van der Waals surface area contributed by atoms with Gasteiger partial charge in [0.05, 0.1) is 5.54 Å². The van der Waals surface area contributed by atoms with Crippen molar-refractivity contribution in [2.45, 2.75) is 37.8 Å². The highest BCUT2D eigenvalue weighted by atomic mass is 16.2. The van der Waals surface area contributed by atoms with Gasteiger partial charge < -0.3 is 16.4 Å². The van der Waals surface area contributed by atoms with Crippen LogP contribution in [0.15, 0.2) is 24.3 Å². The third-order valence-electron chi connectivity index (χ3n) is 3.84. The van der Waals surface area contributed by atoms with Gasteiger partial charge in [-0.2, -0.15) is 0 Å². The van der Waals surface area contributed by atoms with Gasteiger partial charge in [-0.25, -0.2) is 0 Å². The summed E-state index contributed by atoms with van der Waals surface area (Å²) in [7, 11) is 0. The van der Waals surface area contributed by atoms with Crippen molar-refractivity contribution in [2.24, 2.45) is 11.7 Å². The standard InChI is InChI=1S/C15H19N3O2/c16-15(6-7-15)14(20)17-9-10-2-1-3-12(8-10)18-13(19)11-4-5-11/h1-3,8,11H,4-7,9,16H2,(H,17,20)(H,18,19). The molecule has 0 atom stereocenters. The zero-order chi connectivity index (χ0) is 14.2. The van der Waals surface area contributed by atoms with Crippen molar-refractivity contribution in [1.29, 1.82) is 0 Å². The molecule has 20 heavy (non-hydrogen) atoms. The minimum atomic E-state index is -0.641. The number of rotatable bonds is 5. The van der Waals surface area contributed by atoms with E-state index in [1.165, 1.54) is 0 Å². The Bertz CT molecular complexity index is 548. The molecule has 2 saturated carbocycles. The second kappa shape index (κ2) is 4.90. The summed E-state index contributed by atoms with van der Waals surface area (Å²) in [4.78, 5) is 23.4. The Morgan fingerprint density at radius 1 is 1.30 bits per heavy atom. The van der Waals surface area contributed by atoms with E-state index in [1.54, 1.807) is 0 Å². The molecule has 0 saturated heterocycles. The van der Waals surface area contributed by atoms with Crippen LogP contribution in [0.1, 0.15) is 31.2 Å². The summed E-state index contributed by atoms with van der Waals surface area (Å²) >= 11 is 0. The van der Waals surface area contributed by atoms with Crippen molar-refractivity contribution in [3.8, 4) is 0 Å². The number of hydrogen-bond donors (Lipinski definition) is 3. The Morgan fingerprint density at radius 3 is 2.70 bits per heavy atom. The van der Waals surface area contributed by atoms with E-state index in [0.717, 1.165) is 36.9 Å². The normalized spacial score (nSPS) is 19.2. The maximum Gasteiger partial charge on any atom is 0.240 e. The van der Waals surface area contributed by atoms with Gasteiger partial charge in [0, 0.05) is 18.2 Å². The van der Waals surface area contributed by atoms with Crippen LogP contribution in [0.3, 0.4) is 0 Å². The SMILES string of the molecule is NC1(C(=O)NCc2cccc(NC(=O)C3CC3)c2)CC1. The lowest BCUT2D eigenvalue weighted by atomic mass is 10.2. The van der Waals surface area contributed by atoms with Crippen LogP contribution in [-0.4, -0.2) is 17.4 Å². The molecule has 106 valence electrons. The van der Waals surface area contributed by atoms with Crippen molar-refractivity contribution >= 4 is 17.5 Å². The minimum Gasteiger partial charge on any atom is -0.350 e. The highest BCUT2D eigenvalue weighted by Crippen LogP contribution is 2.32. The summed E-state index contributed by atoms with van der Waals surface area (Å²) in [6.07, 6.45) is 3.49. The first-order chi connectivity index (χ1) is 9.57. The fourth-order valence-electron chi connectivity index (χ4n) is 2.07. The molecule has 0 heterocycles. The monoisotopic (exact) mass is 273 g/mol. The Kier molecular flexibility index (Phi) is 3.22. The van der Waals surface area contributed by atoms with E-state index in [4.69, 9.17) is 5.73 Å². The summed E-state index contributed by atoms with van der Waals surface area (Å²) in [5.74, 6) is 0.181. The molecule has 2 amide bonds. The average molecular weight is 273 g/mol. The predicted molar refractivity (Wildman–Crippen MR) is 75.8 cm³/mol. The highest BCUT2D eigenvalue weighted by Gasteiger charge is 2.45. The number of benzene rings is 1. The molecular formula is C15H19N3O2. The van der Waals surface area contributed by atoms with Gasteiger partial charge >= 0.3 is 0 Å². The Balaban J connectivity index is 1.56. The molecule has 2 aliphatic carbocycles. The zero-order valence-corrected chi connectivity index (χ0v) is 11.3. The largest absolute Gasteiger partial charge is 0.350 e. The van der Waals surface area contributed by atoms with Crippen molar-refractivity contribution in [3.63, 3.8) is 0 Å². The Hall–Kier alpha value is -1.88. The average Bonchev–Trinajstić information content (AvgIpc) is 3.31. The molecule has 2 aliphatic rings. The van der Waals surface area contributed by atoms with Crippen LogP contribution < -0.4 is 16.4 Å². The van der Waals surface area contributed by atoms with Gasteiger partial charge in [-0.1, -0.05) is 12.1 Å². The Morgan fingerprint density at radius 2 is 2.05 bits per heavy atom. The molecule has 5 nitrogen and oxygen atoms in total. The van der Waals surface area contributed by atoms with Crippen molar-refractivity contribution in [2.75, 3.05) is 5.32 Å². The van der Waals surface area contributed by atoms with E-state index >= 15 is 0 Å². The van der Waals surface area contributed by atoms with Crippen LogP contribution in [0, 0.1) is 5.92 Å². The lowest BCUT2D eigenvalue weighted by molar-refractivity contribution is -0.123. The summed E-state index contributed by atoms with van der Waals surface area (Å²) in [5, 5.41) is 5.74. The van der Waals surface area contributed by atoms with Crippen LogP contribution in [0.5, 0.6) is 0 Å². The third kappa shape index (κ3) is 2.99. The third-order valence-corrected chi connectivity index (χ3v) is 3.84. The molecule has 0 spiro atoms. The van der Waals surface area contributed by atoms with Crippen LogP contribution in [0.25, 0.3) is 0 Å². The van der Waals surface area contributed by atoms with Crippen molar-refractivity contribution in [1.82, 2.24) is 5.32 Å². The molecule has 0 aliphatic heterocycles. The van der Waals surface area contributed by atoms with Crippen LogP contribution in [0.2, 0.25) is 0 Å². The molecule has 4 N–H and O–H groups in total. The first-order valence-corrected chi connectivity index (χ1v) is 7.04. The van der Waals surface area contributed by atoms with E-state index in [9.17, 15) is 9.59 Å². The molecule has 3 rings (SSSR count). The molecule has 1 aromatic rings. The summed E-state index contributed by atoms with van der Waals surface area (Å²) in [5.41, 5.74) is 6.92. The van der Waals surface area contributed by atoms with Crippen molar-refractivity contribution < 1.29 is 9.59 Å². The maximum absolute atomic E-state index is 11.8. The Labute approximate surface area is 117 Å². The quantitative estimate of drug-likeness (QED) is 0.752. The highest BCUT2D eigenvalue weighted by molar-refractivity contribution is 5.94. The van der Waals surface area contributed by atoms with Gasteiger partial charge in [-0.05, 0) is 43.4 Å². The first-order valence-electron chi connectivity index (χ1n) is 7.04. The second-order valence-corrected chi connectivity index (χ2v) is 5.80. The lowest BCUT2D eigenvalue weighted by Gasteiger charge is -2.11. The van der Waals surface area contributed by atoms with Gasteiger partial charge in [0.25, 0.3) is 0 Å². The lowest BCUT2D eigenvalue weighted by Crippen LogP contribution is -2.42. The smallest absolute Gasteiger partial charge is 0.240 e. The second-order valence-electron chi connectivity index (χ2n) is 5.80. The van der Waals surface area contributed by atoms with Gasteiger partial charge in [0.15, 0.2) is 0 Å². The van der Waals surface area contributed by atoms with E-state index in [0.29, 0.717) is 6.54 Å². The molecule has 0 radical (unpaired) electrons. The van der Waals surface area contributed by atoms with Gasteiger partial charge in [0.2, 0.25) is 11.8 Å². The molecule has 1 aromatic carbocycles. The molecular weight excluding hydrogens is 254 g/mol. The number of amides is 2. The number of nitrogens with one attached hydrogen (secondary N) is 2. The zero-order valence-electron chi connectivity index (χ0n) is 11.3. The maximum atomic E-state index is 11.8. The van der Waals surface area contributed by atoms with E-state index < -0.39 is 5.54 Å². The van der Waals surface area contributed by atoms with E-state index in [-0.39, 0.29) is 17.7 Å². The number of carbonyl (C=O) groups excluding carboxylic acids is 2. The van der Waals surface area contributed by atoms with Gasteiger partial charge in [-0.3, -0.25) is 9.59 Å². The summed E-state index contributed by atoms with van der Waals surface area (Å²) in [6, 6.07) is 7.54. The number of carbonyl (C=O) groups is 2. The minimum absolute atomic E-state index is 0.0880. The van der Waals surface area contributed by atoms with Crippen molar-refractivity contribution in [3.05, 3.63) is 29.8 Å². The fourth-order valence-corrected chi connectivity index (χ4v) is 2.07. The number of nitrogens with two attached hydrogens (primary N) is 1. The predicted octanol–water partition coefficient (Wildman–Crippen LogP) is 1.14. The van der Waals surface area contributed by atoms with Crippen LogP contribution in [-0.2, 0) is 16.1 Å². The molecule has 0 unspecified atom stereocenters. The molecule has 0 bridgehead atoms. The molecule has 0 aromatic heterocycles. The molecule has 5 heteroatoms. The molecule has 2 fully saturated rings. The van der Waals surface area contributed by atoms with E-state index in [1.807, 2.05) is 24.3 Å². The van der Waals surface area contributed by atoms with E-state index in [2.05, 4.69) is 10.6 Å².